The third-order valence-electron chi connectivity index (χ3n) is 3.16. The highest BCUT2D eigenvalue weighted by Gasteiger charge is 2.36. The number of aromatic nitrogens is 2. The quantitative estimate of drug-likeness (QED) is 0.794. The van der Waals surface area contributed by atoms with E-state index in [1.165, 1.54) is 12.4 Å². The Balaban J connectivity index is 2.40. The molecule has 2 heterocycles. The lowest BCUT2D eigenvalue weighted by molar-refractivity contribution is -0.142. The van der Waals surface area contributed by atoms with Gasteiger partial charge in [0, 0.05) is 12.4 Å². The minimum atomic E-state index is -4.70. The average molecular weight is 324 g/mol. The van der Waals surface area contributed by atoms with E-state index in [2.05, 4.69) is 15.0 Å². The maximum Gasteiger partial charge on any atom is 0.418 e. The van der Waals surface area contributed by atoms with E-state index in [0.717, 1.165) is 23.0 Å². The smallest absolute Gasteiger partial charge is 0.418 e. The summed E-state index contributed by atoms with van der Waals surface area (Å²) in [5.74, 6) is -2.65. The van der Waals surface area contributed by atoms with Gasteiger partial charge >= 0.3 is 12.1 Å². The molecule has 1 N–H and O–H groups in total. The van der Waals surface area contributed by atoms with Crippen LogP contribution in [-0.2, 0) is 15.8 Å². The highest BCUT2D eigenvalue weighted by molar-refractivity contribution is 6.02. The van der Waals surface area contributed by atoms with Gasteiger partial charge in [-0.3, -0.25) is 9.79 Å². The summed E-state index contributed by atoms with van der Waals surface area (Å²) in [6.45, 7) is 0. The maximum atomic E-state index is 13.2. The SMILES string of the molecule is O=C(O)C1N=c2ccc(C(F)(F)F)c(-n3ccnc3)c2=NC1=O. The summed E-state index contributed by atoms with van der Waals surface area (Å²) in [6, 6.07) is 0.00156. The van der Waals surface area contributed by atoms with E-state index in [-0.39, 0.29) is 10.7 Å². The fraction of sp³-hybridized carbons (Fsp3) is 0.154. The predicted molar refractivity (Wildman–Crippen MR) is 67.3 cm³/mol. The number of alkyl halides is 3. The van der Waals surface area contributed by atoms with Gasteiger partial charge < -0.3 is 9.67 Å². The van der Waals surface area contributed by atoms with Crippen LogP contribution in [0.5, 0.6) is 0 Å². The fourth-order valence-corrected chi connectivity index (χ4v) is 2.19. The van der Waals surface area contributed by atoms with Crippen molar-refractivity contribution < 1.29 is 27.9 Å². The number of carbonyl (C=O) groups excluding carboxylic acids is 1. The first kappa shape index (κ1) is 14.9. The van der Waals surface area contributed by atoms with Gasteiger partial charge in [-0.1, -0.05) is 0 Å². The van der Waals surface area contributed by atoms with Crippen molar-refractivity contribution in [3.63, 3.8) is 0 Å². The number of amides is 1. The van der Waals surface area contributed by atoms with Gasteiger partial charge in [0.2, 0.25) is 6.04 Å². The molecule has 1 aromatic carbocycles. The Morgan fingerprint density at radius 3 is 2.61 bits per heavy atom. The van der Waals surface area contributed by atoms with Crippen molar-refractivity contribution in [3.05, 3.63) is 47.1 Å². The molecule has 0 radical (unpaired) electrons. The number of imidazole rings is 1. The molecule has 1 unspecified atom stereocenters. The molecule has 3 rings (SSSR count). The zero-order chi connectivity index (χ0) is 16.8. The molecule has 0 saturated heterocycles. The summed E-state index contributed by atoms with van der Waals surface area (Å²) in [6.07, 6.45) is -1.06. The summed E-state index contributed by atoms with van der Waals surface area (Å²) in [5.41, 5.74) is -1.46. The molecule has 0 saturated carbocycles. The van der Waals surface area contributed by atoms with Crippen LogP contribution in [0.25, 0.3) is 5.69 Å². The number of fused-ring (bicyclic) bond motifs is 1. The summed E-state index contributed by atoms with van der Waals surface area (Å²) in [5, 5.41) is 8.47. The van der Waals surface area contributed by atoms with Crippen LogP contribution in [0.1, 0.15) is 5.56 Å². The number of aliphatic carboxylic acids is 1. The van der Waals surface area contributed by atoms with E-state index in [0.29, 0.717) is 0 Å². The molecule has 0 bridgehead atoms. The highest BCUT2D eigenvalue weighted by atomic mass is 19.4. The van der Waals surface area contributed by atoms with Gasteiger partial charge in [0.1, 0.15) is 5.36 Å². The molecule has 0 fully saturated rings. The van der Waals surface area contributed by atoms with Crippen LogP contribution in [0.15, 0.2) is 40.8 Å². The summed E-state index contributed by atoms with van der Waals surface area (Å²) >= 11 is 0. The van der Waals surface area contributed by atoms with E-state index in [9.17, 15) is 22.8 Å². The Morgan fingerprint density at radius 1 is 1.30 bits per heavy atom. The minimum absolute atomic E-state index is 0.103. The Bertz CT molecular complexity index is 919. The highest BCUT2D eigenvalue weighted by Crippen LogP contribution is 2.31. The van der Waals surface area contributed by atoms with Crippen molar-refractivity contribution >= 4 is 11.9 Å². The van der Waals surface area contributed by atoms with Gasteiger partial charge in [-0.15, -0.1) is 0 Å². The molecular weight excluding hydrogens is 317 g/mol. The number of carbonyl (C=O) groups is 2. The first-order valence-corrected chi connectivity index (χ1v) is 6.21. The first-order chi connectivity index (χ1) is 10.8. The molecular formula is C13H7F3N4O3. The summed E-state index contributed by atoms with van der Waals surface area (Å²) in [7, 11) is 0. The van der Waals surface area contributed by atoms with Crippen LogP contribution < -0.4 is 10.7 Å². The zero-order valence-electron chi connectivity index (χ0n) is 11.2. The van der Waals surface area contributed by atoms with Crippen molar-refractivity contribution in [1.82, 2.24) is 9.55 Å². The Hall–Kier alpha value is -3.04. The second kappa shape index (κ2) is 5.00. The average Bonchev–Trinajstić information content (AvgIpc) is 2.97. The van der Waals surface area contributed by atoms with Crippen LogP contribution >= 0.6 is 0 Å². The second-order valence-corrected chi connectivity index (χ2v) is 4.62. The first-order valence-electron chi connectivity index (χ1n) is 6.21. The standard InChI is InChI=1S/C13H7F3N4O3/c14-13(15,16)6-1-2-7-8(10(6)20-4-3-17-5-20)19-11(21)9(18-7)12(22)23/h1-5,9H,(H,22,23). The molecule has 1 aliphatic rings. The van der Waals surface area contributed by atoms with E-state index in [1.54, 1.807) is 0 Å². The van der Waals surface area contributed by atoms with E-state index in [1.807, 2.05) is 0 Å². The van der Waals surface area contributed by atoms with Gasteiger partial charge in [0.25, 0.3) is 5.91 Å². The number of nitrogens with zero attached hydrogens (tertiary/aromatic N) is 4. The van der Waals surface area contributed by atoms with Gasteiger partial charge in [-0.05, 0) is 12.1 Å². The molecule has 23 heavy (non-hydrogen) atoms. The van der Waals surface area contributed by atoms with E-state index >= 15 is 0 Å². The minimum Gasteiger partial charge on any atom is -0.479 e. The fourth-order valence-electron chi connectivity index (χ4n) is 2.19. The Morgan fingerprint density at radius 2 is 2.04 bits per heavy atom. The van der Waals surface area contributed by atoms with Crippen molar-refractivity contribution in [2.45, 2.75) is 12.2 Å². The van der Waals surface area contributed by atoms with Crippen molar-refractivity contribution in [2.24, 2.45) is 9.98 Å². The molecule has 10 heteroatoms. The molecule has 1 aromatic heterocycles. The normalized spacial score (nSPS) is 17.2. The lowest BCUT2D eigenvalue weighted by Gasteiger charge is -2.15. The summed E-state index contributed by atoms with van der Waals surface area (Å²) < 4.78 is 40.7. The number of halogens is 3. The number of carboxylic acid groups (broad SMARTS) is 1. The van der Waals surface area contributed by atoms with Crippen molar-refractivity contribution in [3.8, 4) is 5.69 Å². The lowest BCUT2D eigenvalue weighted by atomic mass is 10.1. The zero-order valence-corrected chi connectivity index (χ0v) is 11.2. The largest absolute Gasteiger partial charge is 0.479 e. The second-order valence-electron chi connectivity index (χ2n) is 4.62. The topological polar surface area (TPSA) is 96.9 Å². The number of hydrogen-bond acceptors (Lipinski definition) is 4. The Labute approximate surface area is 125 Å². The lowest BCUT2D eigenvalue weighted by Crippen LogP contribution is -2.43. The molecule has 2 aromatic rings. The number of carboxylic acids is 1. The molecule has 7 nitrogen and oxygen atoms in total. The number of hydrogen-bond donors (Lipinski definition) is 1. The van der Waals surface area contributed by atoms with E-state index < -0.39 is 35.3 Å². The molecule has 118 valence electrons. The third-order valence-corrected chi connectivity index (χ3v) is 3.16. The maximum absolute atomic E-state index is 13.2. The van der Waals surface area contributed by atoms with Crippen LogP contribution in [0.2, 0.25) is 0 Å². The van der Waals surface area contributed by atoms with Gasteiger partial charge in [-0.25, -0.2) is 14.8 Å². The van der Waals surface area contributed by atoms with Crippen LogP contribution in [0.4, 0.5) is 13.2 Å². The third kappa shape index (κ3) is 2.47. The summed E-state index contributed by atoms with van der Waals surface area (Å²) in [4.78, 5) is 33.5. The van der Waals surface area contributed by atoms with Gasteiger partial charge in [-0.2, -0.15) is 13.2 Å². The monoisotopic (exact) mass is 324 g/mol. The van der Waals surface area contributed by atoms with Crippen molar-refractivity contribution in [1.29, 1.82) is 0 Å². The van der Waals surface area contributed by atoms with Crippen molar-refractivity contribution in [2.75, 3.05) is 0 Å². The van der Waals surface area contributed by atoms with Gasteiger partial charge in [0.05, 0.1) is 22.9 Å². The van der Waals surface area contributed by atoms with E-state index in [4.69, 9.17) is 5.11 Å². The Kier molecular flexibility index (Phi) is 3.24. The van der Waals surface area contributed by atoms with Crippen LogP contribution in [0.3, 0.4) is 0 Å². The number of rotatable bonds is 2. The molecule has 1 aliphatic heterocycles. The van der Waals surface area contributed by atoms with Crippen LogP contribution in [-0.4, -0.2) is 32.6 Å². The predicted octanol–water partition coefficient (Wildman–Crippen LogP) is 0.124. The molecule has 0 aliphatic carbocycles. The van der Waals surface area contributed by atoms with Crippen LogP contribution in [0, 0.1) is 0 Å². The molecule has 1 amide bonds. The molecule has 0 spiro atoms. The van der Waals surface area contributed by atoms with Gasteiger partial charge in [0.15, 0.2) is 0 Å². The number of benzene rings is 1. The molecule has 1 atom stereocenters.